The Morgan fingerprint density at radius 3 is 0.605 bits per heavy atom. The van der Waals surface area contributed by atoms with Gasteiger partial charge in [0.2, 0.25) is 0 Å². The predicted octanol–water partition coefficient (Wildman–Crippen LogP) is 12.9. The van der Waals surface area contributed by atoms with E-state index in [0.717, 1.165) is 66.8 Å². The Balaban J connectivity index is 2.00. The molecule has 0 amide bonds. The first-order valence-electron chi connectivity index (χ1n) is 27.4. The lowest BCUT2D eigenvalue weighted by Crippen LogP contribution is -2.19. The molecule has 0 fully saturated rings. The van der Waals surface area contributed by atoms with Crippen LogP contribution in [0.1, 0.15) is 203 Å². The van der Waals surface area contributed by atoms with Crippen molar-refractivity contribution >= 4 is 23.9 Å². The average molecular weight is 1050 g/mol. The number of hydrogen-bond donors (Lipinski definition) is 0. The fraction of sp³-hybridized carbons (Fsp3) is 0.562. The normalized spacial score (nSPS) is 12.8. The summed E-state index contributed by atoms with van der Waals surface area (Å²) in [6, 6.07) is 17.7. The van der Waals surface area contributed by atoms with E-state index in [-0.39, 0.29) is 124 Å². The molecule has 416 valence electrons. The molecule has 4 aromatic carbocycles. The molecule has 0 spiro atoms. The number of carbonyl (C=O) groups is 4. The van der Waals surface area contributed by atoms with Crippen LogP contribution in [0.5, 0.6) is 23.0 Å². The Bertz CT molecular complexity index is 2210. The van der Waals surface area contributed by atoms with Crippen molar-refractivity contribution in [1.29, 1.82) is 0 Å². The Morgan fingerprint density at radius 1 is 0.316 bits per heavy atom. The van der Waals surface area contributed by atoms with Gasteiger partial charge in [-0.15, -0.1) is 0 Å². The molecule has 1 aliphatic rings. The predicted molar refractivity (Wildman–Crippen MR) is 299 cm³/mol. The van der Waals surface area contributed by atoms with Crippen LogP contribution < -0.4 is 18.9 Å². The van der Waals surface area contributed by atoms with Crippen LogP contribution in [0.15, 0.2) is 48.5 Å². The van der Waals surface area contributed by atoms with E-state index in [1.165, 1.54) is 0 Å². The van der Waals surface area contributed by atoms with E-state index in [9.17, 15) is 19.2 Å². The first kappa shape index (κ1) is 60.8. The van der Waals surface area contributed by atoms with E-state index < -0.39 is 0 Å². The molecule has 4 aromatic rings. The third-order valence-electron chi connectivity index (χ3n) is 13.4. The van der Waals surface area contributed by atoms with Gasteiger partial charge >= 0.3 is 23.9 Å². The van der Waals surface area contributed by atoms with Crippen LogP contribution >= 0.6 is 0 Å². The fourth-order valence-corrected chi connectivity index (χ4v) is 9.24. The molecule has 76 heavy (non-hydrogen) atoms. The smallest absolute Gasteiger partial charge is 0.309 e. The second-order valence-electron chi connectivity index (χ2n) is 23.8. The number of esters is 4. The molecule has 0 radical (unpaired) electrons. The van der Waals surface area contributed by atoms with E-state index in [2.05, 4.69) is 132 Å². The Morgan fingerprint density at radius 2 is 0.474 bits per heavy atom. The summed E-state index contributed by atoms with van der Waals surface area (Å²) in [6.45, 7) is 34.8. The van der Waals surface area contributed by atoms with Crippen LogP contribution in [0.4, 0.5) is 0 Å². The topological polar surface area (TPSA) is 142 Å². The van der Waals surface area contributed by atoms with Gasteiger partial charge < -0.3 is 37.9 Å². The molecule has 12 nitrogen and oxygen atoms in total. The molecule has 0 saturated carbocycles. The van der Waals surface area contributed by atoms with Gasteiger partial charge in [0, 0.05) is 25.7 Å². The number of ether oxygens (including phenoxy) is 8. The zero-order chi connectivity index (χ0) is 56.2. The summed E-state index contributed by atoms with van der Waals surface area (Å²) in [5.74, 6) is 1.15. The molecule has 0 heterocycles. The zero-order valence-corrected chi connectivity index (χ0v) is 48.8. The molecule has 0 aromatic heterocycles. The second-order valence-corrected chi connectivity index (χ2v) is 23.8. The highest BCUT2D eigenvalue weighted by Crippen LogP contribution is 2.44. The Hall–Kier alpha value is -6.04. The minimum absolute atomic E-state index is 0.0456. The molecular weight excluding hydrogens is 961 g/mol. The summed E-state index contributed by atoms with van der Waals surface area (Å²) < 4.78 is 49.1. The lowest BCUT2D eigenvalue weighted by atomic mass is 9.79. The van der Waals surface area contributed by atoms with Crippen molar-refractivity contribution in [2.24, 2.45) is 0 Å². The van der Waals surface area contributed by atoms with Crippen molar-refractivity contribution in [3.05, 3.63) is 115 Å². The minimum Gasteiger partial charge on any atom is -0.492 e. The van der Waals surface area contributed by atoms with Crippen LogP contribution in [-0.2, 0) is 85.5 Å². The first-order valence-corrected chi connectivity index (χ1v) is 27.4. The highest BCUT2D eigenvalue weighted by molar-refractivity contribution is 5.71. The quantitative estimate of drug-likeness (QED) is 0.0541. The van der Waals surface area contributed by atoms with Gasteiger partial charge in [0.1, 0.15) is 23.0 Å². The number of hydrogen-bond acceptors (Lipinski definition) is 12. The van der Waals surface area contributed by atoms with Crippen LogP contribution in [0, 0.1) is 0 Å². The molecule has 12 heteroatoms. The van der Waals surface area contributed by atoms with Gasteiger partial charge in [0.25, 0.3) is 0 Å². The standard InChI is InChI=1S/C64H88O12/c1-17-69-53(65)21-25-73-57-41-29-43-35-50(62(8,9)10)37-45(58(43)74-26-22-54(66)70-18-2)31-47-39-52(64(14,15)16)40-48(60(47)76-28-24-56(68)72-20-4)32-46-38-51(63(11,12)13)36-44(59(46)75-27-23-55(67)71-19-3)30-42(57)34-49(33-41)61(5,6)7/h33-40H,17-32H2,1-16H3. The summed E-state index contributed by atoms with van der Waals surface area (Å²) >= 11 is 0. The lowest BCUT2D eigenvalue weighted by Gasteiger charge is -2.29. The van der Waals surface area contributed by atoms with Crippen LogP contribution in [0.2, 0.25) is 0 Å². The summed E-state index contributed by atoms with van der Waals surface area (Å²) in [7, 11) is 0. The maximum absolute atomic E-state index is 12.9. The number of benzene rings is 4. The van der Waals surface area contributed by atoms with Gasteiger partial charge in [0.15, 0.2) is 0 Å². The van der Waals surface area contributed by atoms with Gasteiger partial charge in [-0.3, -0.25) is 19.2 Å². The van der Waals surface area contributed by atoms with Gasteiger partial charge in [0.05, 0.1) is 78.5 Å². The molecule has 0 atom stereocenters. The highest BCUT2D eigenvalue weighted by Gasteiger charge is 2.30. The molecular formula is C64H88O12. The van der Waals surface area contributed by atoms with Crippen molar-refractivity contribution in [2.75, 3.05) is 52.9 Å². The van der Waals surface area contributed by atoms with Gasteiger partial charge in [-0.1, -0.05) is 132 Å². The zero-order valence-electron chi connectivity index (χ0n) is 48.8. The van der Waals surface area contributed by atoms with E-state index in [1.54, 1.807) is 27.7 Å². The van der Waals surface area contributed by atoms with Crippen LogP contribution in [-0.4, -0.2) is 76.7 Å². The van der Waals surface area contributed by atoms with Crippen molar-refractivity contribution < 1.29 is 57.1 Å². The van der Waals surface area contributed by atoms with Crippen molar-refractivity contribution in [3.63, 3.8) is 0 Å². The number of rotatable bonds is 20. The molecule has 5 rings (SSSR count). The molecule has 0 unspecified atom stereocenters. The number of fused-ring (bicyclic) bond motifs is 8. The van der Waals surface area contributed by atoms with Crippen molar-refractivity contribution in [3.8, 4) is 23.0 Å². The number of carbonyl (C=O) groups excluding carboxylic acids is 4. The largest absolute Gasteiger partial charge is 0.492 e. The maximum Gasteiger partial charge on any atom is 0.309 e. The molecule has 1 aliphatic carbocycles. The first-order chi connectivity index (χ1) is 35.7. The third-order valence-corrected chi connectivity index (χ3v) is 13.4. The molecule has 8 bridgehead atoms. The lowest BCUT2D eigenvalue weighted by molar-refractivity contribution is -0.144. The van der Waals surface area contributed by atoms with Crippen LogP contribution in [0.25, 0.3) is 0 Å². The summed E-state index contributed by atoms with van der Waals surface area (Å²) in [4.78, 5) is 51.7. The second kappa shape index (κ2) is 26.3. The van der Waals surface area contributed by atoms with Crippen LogP contribution in [0.3, 0.4) is 0 Å². The summed E-state index contributed by atoms with van der Waals surface area (Å²) in [5.41, 5.74) is 10.2. The SMILES string of the molecule is CCOC(=O)CCOc1c2cc(C(C)(C)C)cc1Cc1cc(C(C)(C)C)cc(c1OCCC(=O)OCC)Cc1cc(C(C)(C)C)cc(c1OCCC(=O)OCC)Cc1cc(C(C)(C)C)cc(c1OCCC(=O)OCC)C2. The fourth-order valence-electron chi connectivity index (χ4n) is 9.24. The minimum atomic E-state index is -0.354. The highest BCUT2D eigenvalue weighted by atomic mass is 16.6. The van der Waals surface area contributed by atoms with Crippen molar-refractivity contribution in [2.45, 2.75) is 184 Å². The van der Waals surface area contributed by atoms with Gasteiger partial charge in [-0.25, -0.2) is 0 Å². The molecule has 0 aliphatic heterocycles. The van der Waals surface area contributed by atoms with E-state index in [0.29, 0.717) is 48.7 Å². The maximum atomic E-state index is 12.9. The van der Waals surface area contributed by atoms with E-state index in [4.69, 9.17) is 37.9 Å². The average Bonchev–Trinajstić information content (AvgIpc) is 3.30. The van der Waals surface area contributed by atoms with E-state index in [1.807, 2.05) is 0 Å². The molecule has 0 saturated heterocycles. The monoisotopic (exact) mass is 1050 g/mol. The van der Waals surface area contributed by atoms with E-state index >= 15 is 0 Å². The Kier molecular flexibility index (Phi) is 21.1. The van der Waals surface area contributed by atoms with Gasteiger partial charge in [-0.2, -0.15) is 0 Å². The Labute approximate surface area is 454 Å². The van der Waals surface area contributed by atoms with Gasteiger partial charge in [-0.05, 0) is 116 Å². The van der Waals surface area contributed by atoms with Crippen molar-refractivity contribution in [1.82, 2.24) is 0 Å². The third kappa shape index (κ3) is 17.0. The summed E-state index contributed by atoms with van der Waals surface area (Å²) in [5, 5.41) is 0. The summed E-state index contributed by atoms with van der Waals surface area (Å²) in [6.07, 6.45) is 1.64. The molecule has 0 N–H and O–H groups in total.